The third kappa shape index (κ3) is 13.4. The van der Waals surface area contributed by atoms with Gasteiger partial charge in [-0.25, -0.2) is 4.79 Å². The van der Waals surface area contributed by atoms with Crippen molar-refractivity contribution in [3.63, 3.8) is 0 Å². The normalized spacial score (nSPS) is 12.3. The number of anilines is 2. The minimum Gasteiger partial charge on any atom is -0.486 e. The van der Waals surface area contributed by atoms with Crippen molar-refractivity contribution < 1.29 is 34.1 Å². The molecule has 1 fully saturated rings. The highest BCUT2D eigenvalue weighted by Crippen LogP contribution is 2.39. The molecule has 0 radical (unpaired) electrons. The fourth-order valence-electron chi connectivity index (χ4n) is 5.07. The van der Waals surface area contributed by atoms with Gasteiger partial charge < -0.3 is 35.6 Å². The van der Waals surface area contributed by atoms with Crippen molar-refractivity contribution in [2.75, 3.05) is 23.7 Å². The third-order valence-electron chi connectivity index (χ3n) is 7.90. The van der Waals surface area contributed by atoms with Crippen LogP contribution in [0.5, 0.6) is 11.5 Å². The van der Waals surface area contributed by atoms with Gasteiger partial charge in [0.05, 0.1) is 39.3 Å². The van der Waals surface area contributed by atoms with Gasteiger partial charge in [-0.15, -0.1) is 0 Å². The van der Waals surface area contributed by atoms with Crippen LogP contribution in [-0.2, 0) is 22.8 Å². The molecule has 1 amide bonds. The van der Waals surface area contributed by atoms with E-state index in [4.69, 9.17) is 66.1 Å². The average Bonchev–Trinajstić information content (AvgIpc) is 3.10. The topological polar surface area (TPSA) is 146 Å². The van der Waals surface area contributed by atoms with E-state index in [0.29, 0.717) is 67.6 Å². The first-order valence-corrected chi connectivity index (χ1v) is 21.4. The number of hydrogen-bond donors (Lipinski definition) is 5. The predicted molar refractivity (Wildman–Crippen MR) is 237 cm³/mol. The molecule has 56 heavy (non-hydrogen) atoms. The highest BCUT2D eigenvalue weighted by molar-refractivity contribution is 9.11. The summed E-state index contributed by atoms with van der Waals surface area (Å²) < 4.78 is 14.3. The van der Waals surface area contributed by atoms with E-state index in [9.17, 15) is 14.4 Å². The van der Waals surface area contributed by atoms with Crippen LogP contribution in [0.4, 0.5) is 11.4 Å². The van der Waals surface area contributed by atoms with Crippen LogP contribution in [0.1, 0.15) is 53.2 Å². The lowest BCUT2D eigenvalue weighted by Crippen LogP contribution is -2.29. The molecule has 5 N–H and O–H groups in total. The molecule has 0 spiro atoms. The van der Waals surface area contributed by atoms with Gasteiger partial charge in [-0.3, -0.25) is 9.59 Å². The lowest BCUT2D eigenvalue weighted by molar-refractivity contribution is -0.136. The average molecular weight is 1110 g/mol. The maximum absolute atomic E-state index is 12.0. The van der Waals surface area contributed by atoms with Crippen molar-refractivity contribution in [2.45, 2.75) is 45.4 Å². The lowest BCUT2D eigenvalue weighted by atomic mass is 9.93. The summed E-state index contributed by atoms with van der Waals surface area (Å²) in [5.74, 6) is -1.58. The number of benzene rings is 4. The molecule has 0 aromatic heterocycles. The molecule has 0 atom stereocenters. The standard InChI is InChI=1S/C20H17Br2Cl2NO3.C18H16Br2Cl2N2O4/c21-15-6-11(4-5-18(26)27)7-16(22)20(15)28-10-12-8-13(23)9-17(19(12)24)25-14-2-1-3-14;1-2-23-14-6-11(21)3-10(16(14)22)8-28-17-12(19)4-9(5-13(17)20)18(27)24-7-15(25)26/h4-9,14,25H,1-3,10H2,(H,26,27);3-6,23H,2,7-8H2,1H3,(H,24,27)(H,25,26)/b5-4+;. The number of carbonyl (C=O) groups excluding carboxylic acids is 1. The Labute approximate surface area is 377 Å². The maximum atomic E-state index is 12.0. The molecule has 1 saturated carbocycles. The molecule has 5 rings (SSSR count). The molecule has 10 nitrogen and oxygen atoms in total. The fourth-order valence-corrected chi connectivity index (χ4v) is 8.86. The number of halogens is 8. The van der Waals surface area contributed by atoms with Gasteiger partial charge in [0.1, 0.15) is 31.3 Å². The van der Waals surface area contributed by atoms with Crippen LogP contribution in [0, 0.1) is 0 Å². The summed E-state index contributed by atoms with van der Waals surface area (Å²) in [4.78, 5) is 33.3. The van der Waals surface area contributed by atoms with Crippen molar-refractivity contribution in [1.29, 1.82) is 0 Å². The number of hydrogen-bond acceptors (Lipinski definition) is 7. The van der Waals surface area contributed by atoms with E-state index in [-0.39, 0.29) is 18.8 Å². The number of rotatable bonds is 15. The Morgan fingerprint density at radius 3 is 1.73 bits per heavy atom. The van der Waals surface area contributed by atoms with Gasteiger partial charge in [0.2, 0.25) is 0 Å². The summed E-state index contributed by atoms with van der Waals surface area (Å²) >= 11 is 39.1. The lowest BCUT2D eigenvalue weighted by Gasteiger charge is -2.28. The van der Waals surface area contributed by atoms with Crippen LogP contribution in [-0.4, -0.2) is 47.2 Å². The van der Waals surface area contributed by atoms with Crippen LogP contribution in [0.25, 0.3) is 6.08 Å². The molecule has 0 bridgehead atoms. The SMILES string of the molecule is CCNc1cc(Cl)cc(COc2c(Br)cc(C(=O)NCC(=O)O)cc2Br)c1Cl.O=C(O)/C=C/c1cc(Br)c(OCc2cc(Cl)cc(NC3CCC3)c2Cl)c(Br)c1. The highest BCUT2D eigenvalue weighted by atomic mass is 79.9. The highest BCUT2D eigenvalue weighted by Gasteiger charge is 2.20. The Morgan fingerprint density at radius 2 is 1.27 bits per heavy atom. The molecular weight excluding hydrogens is 1070 g/mol. The molecule has 0 heterocycles. The Hall–Kier alpha value is -2.69. The molecule has 1 aliphatic rings. The maximum Gasteiger partial charge on any atom is 0.328 e. The first-order chi connectivity index (χ1) is 26.6. The second-order valence-corrected chi connectivity index (χ2v) is 17.1. The van der Waals surface area contributed by atoms with E-state index in [1.54, 1.807) is 42.5 Å². The monoisotopic (exact) mass is 1100 g/mol. The van der Waals surface area contributed by atoms with Gasteiger partial charge in [0.15, 0.2) is 0 Å². The number of carboxylic acid groups (broad SMARTS) is 2. The van der Waals surface area contributed by atoms with Gasteiger partial charge in [0.25, 0.3) is 5.91 Å². The Kier molecular flexibility index (Phi) is 18.0. The predicted octanol–water partition coefficient (Wildman–Crippen LogP) is 12.5. The number of aliphatic carboxylic acids is 2. The molecule has 4 aromatic rings. The number of amides is 1. The van der Waals surface area contributed by atoms with E-state index >= 15 is 0 Å². The molecule has 298 valence electrons. The molecular formula is C38H33Br4Cl4N3O7. The van der Waals surface area contributed by atoms with Gasteiger partial charge in [0, 0.05) is 45.4 Å². The van der Waals surface area contributed by atoms with E-state index < -0.39 is 24.4 Å². The zero-order chi connectivity index (χ0) is 41.1. The van der Waals surface area contributed by atoms with Gasteiger partial charge in [-0.1, -0.05) is 46.4 Å². The van der Waals surface area contributed by atoms with Crippen molar-refractivity contribution >= 4 is 145 Å². The fraction of sp³-hybridized carbons (Fsp3) is 0.237. The minimum absolute atomic E-state index is 0.152. The summed E-state index contributed by atoms with van der Waals surface area (Å²) in [5, 5.41) is 28.5. The summed E-state index contributed by atoms with van der Waals surface area (Å²) in [7, 11) is 0. The Bertz CT molecular complexity index is 2090. The molecule has 18 heteroatoms. The number of ether oxygens (including phenoxy) is 2. The van der Waals surface area contributed by atoms with Crippen molar-refractivity contribution in [1.82, 2.24) is 5.32 Å². The van der Waals surface area contributed by atoms with Crippen molar-refractivity contribution in [2.24, 2.45) is 0 Å². The van der Waals surface area contributed by atoms with Gasteiger partial charge >= 0.3 is 11.9 Å². The van der Waals surface area contributed by atoms with Crippen LogP contribution in [0.2, 0.25) is 20.1 Å². The quantitative estimate of drug-likeness (QED) is 0.0734. The molecule has 0 unspecified atom stereocenters. The smallest absolute Gasteiger partial charge is 0.328 e. The molecule has 1 aliphatic carbocycles. The minimum atomic E-state index is -1.12. The van der Waals surface area contributed by atoms with E-state index in [1.807, 2.05) is 13.0 Å². The second kappa shape index (κ2) is 21.9. The zero-order valence-corrected chi connectivity index (χ0v) is 38.6. The summed E-state index contributed by atoms with van der Waals surface area (Å²) in [6.45, 7) is 2.58. The van der Waals surface area contributed by atoms with Crippen molar-refractivity contribution in [3.05, 3.63) is 115 Å². The molecule has 0 aliphatic heterocycles. The number of carboxylic acids is 2. The van der Waals surface area contributed by atoms with Gasteiger partial charge in [-0.05, 0) is 150 Å². The van der Waals surface area contributed by atoms with Crippen LogP contribution in [0.3, 0.4) is 0 Å². The van der Waals surface area contributed by atoms with E-state index in [1.165, 1.54) is 12.5 Å². The number of carbonyl (C=O) groups is 3. The number of nitrogens with one attached hydrogen (secondary N) is 3. The third-order valence-corrected chi connectivity index (χ3v) is 11.6. The zero-order valence-electron chi connectivity index (χ0n) is 29.3. The first-order valence-electron chi connectivity index (χ1n) is 16.7. The summed E-state index contributed by atoms with van der Waals surface area (Å²) in [6, 6.07) is 14.2. The van der Waals surface area contributed by atoms with Crippen LogP contribution >= 0.6 is 110 Å². The summed E-state index contributed by atoms with van der Waals surface area (Å²) in [6.07, 6.45) is 6.09. The van der Waals surface area contributed by atoms with Crippen molar-refractivity contribution in [3.8, 4) is 11.5 Å². The van der Waals surface area contributed by atoms with Crippen LogP contribution < -0.4 is 25.4 Å². The largest absolute Gasteiger partial charge is 0.486 e. The first kappa shape index (κ1) is 46.0. The molecule has 0 saturated heterocycles. The van der Waals surface area contributed by atoms with Gasteiger partial charge in [-0.2, -0.15) is 0 Å². The summed E-state index contributed by atoms with van der Waals surface area (Å²) in [5.41, 5.74) is 4.03. The Balaban J connectivity index is 0.000000249. The Morgan fingerprint density at radius 1 is 0.768 bits per heavy atom. The second-order valence-electron chi connectivity index (χ2n) is 12.1. The molecule has 4 aromatic carbocycles. The van der Waals surface area contributed by atoms with E-state index in [2.05, 4.69) is 79.7 Å². The van der Waals surface area contributed by atoms with Crippen LogP contribution in [0.15, 0.2) is 72.5 Å². The van der Waals surface area contributed by atoms with E-state index in [0.717, 1.165) is 41.4 Å².